The van der Waals surface area contributed by atoms with Gasteiger partial charge in [-0.1, -0.05) is 48.0 Å². The highest BCUT2D eigenvalue weighted by atomic mass is 15.3. The Balaban J connectivity index is 1.53. The van der Waals surface area contributed by atoms with E-state index in [4.69, 9.17) is 5.73 Å². The molecular weight excluding hydrogens is 332 g/mol. The van der Waals surface area contributed by atoms with Crippen LogP contribution in [-0.4, -0.2) is 19.8 Å². The fourth-order valence-electron chi connectivity index (χ4n) is 3.45. The van der Waals surface area contributed by atoms with Crippen molar-refractivity contribution in [2.75, 3.05) is 30.0 Å². The zero-order valence-corrected chi connectivity index (χ0v) is 15.7. The summed E-state index contributed by atoms with van der Waals surface area (Å²) in [6.07, 6.45) is 0. The fourth-order valence-corrected chi connectivity index (χ4v) is 3.45. The molecule has 0 spiro atoms. The summed E-state index contributed by atoms with van der Waals surface area (Å²) in [6, 6.07) is 24.1. The monoisotopic (exact) mass is 358 g/mol. The highest BCUT2D eigenvalue weighted by Crippen LogP contribution is 2.39. The van der Waals surface area contributed by atoms with E-state index in [9.17, 15) is 0 Å². The van der Waals surface area contributed by atoms with Gasteiger partial charge >= 0.3 is 0 Å². The first kappa shape index (κ1) is 17.6. The van der Waals surface area contributed by atoms with Crippen molar-refractivity contribution in [1.82, 2.24) is 5.32 Å². The number of hydrogen-bond donors (Lipinski definition) is 3. The van der Waals surface area contributed by atoms with Gasteiger partial charge in [0.05, 0.1) is 18.0 Å². The van der Waals surface area contributed by atoms with Crippen molar-refractivity contribution in [2.24, 2.45) is 5.73 Å². The molecule has 0 atom stereocenters. The van der Waals surface area contributed by atoms with Crippen LogP contribution in [-0.2, 0) is 6.54 Å². The van der Waals surface area contributed by atoms with Crippen LogP contribution in [0.2, 0.25) is 0 Å². The summed E-state index contributed by atoms with van der Waals surface area (Å²) in [4.78, 5) is 2.31. The number of fused-ring (bicyclic) bond motifs is 1. The van der Waals surface area contributed by atoms with Crippen molar-refractivity contribution in [1.29, 1.82) is 0 Å². The van der Waals surface area contributed by atoms with Gasteiger partial charge in [0.25, 0.3) is 0 Å². The van der Waals surface area contributed by atoms with Crippen LogP contribution in [0.15, 0.2) is 66.7 Å². The van der Waals surface area contributed by atoms with Gasteiger partial charge in [-0.05, 0) is 47.9 Å². The molecule has 4 nitrogen and oxygen atoms in total. The first-order valence-corrected chi connectivity index (χ1v) is 9.47. The minimum absolute atomic E-state index is 0.666. The van der Waals surface area contributed by atoms with Crippen LogP contribution in [0.1, 0.15) is 11.1 Å². The molecule has 0 saturated heterocycles. The van der Waals surface area contributed by atoms with Gasteiger partial charge in [-0.15, -0.1) is 0 Å². The van der Waals surface area contributed by atoms with Crippen molar-refractivity contribution in [3.63, 3.8) is 0 Å². The van der Waals surface area contributed by atoms with Crippen LogP contribution in [0.25, 0.3) is 11.1 Å². The molecule has 0 bridgehead atoms. The third-order valence-electron chi connectivity index (χ3n) is 5.00. The van der Waals surface area contributed by atoms with Crippen molar-refractivity contribution >= 4 is 17.1 Å². The average molecular weight is 358 g/mol. The summed E-state index contributed by atoms with van der Waals surface area (Å²) in [5.74, 6) is 0. The van der Waals surface area contributed by atoms with E-state index in [0.29, 0.717) is 6.54 Å². The van der Waals surface area contributed by atoms with Crippen LogP contribution in [0.3, 0.4) is 0 Å². The van der Waals surface area contributed by atoms with Gasteiger partial charge < -0.3 is 21.3 Å². The summed E-state index contributed by atoms with van der Waals surface area (Å²) in [5.41, 5.74) is 14.2. The normalized spacial score (nSPS) is 12.7. The van der Waals surface area contributed by atoms with E-state index in [1.165, 1.54) is 39.3 Å². The molecule has 4 rings (SSSR count). The molecule has 27 heavy (non-hydrogen) atoms. The molecule has 3 aromatic carbocycles. The Labute approximate surface area is 161 Å². The second kappa shape index (κ2) is 7.82. The van der Waals surface area contributed by atoms with Crippen LogP contribution < -0.4 is 21.3 Å². The number of anilines is 3. The Morgan fingerprint density at radius 1 is 0.963 bits per heavy atom. The molecule has 0 amide bonds. The number of nitrogens with two attached hydrogens (primary N) is 1. The minimum atomic E-state index is 0.666. The maximum absolute atomic E-state index is 5.52. The van der Waals surface area contributed by atoms with Crippen molar-refractivity contribution in [3.8, 4) is 11.1 Å². The number of rotatable bonds is 6. The summed E-state index contributed by atoms with van der Waals surface area (Å²) in [5, 5.41) is 6.85. The van der Waals surface area contributed by atoms with Gasteiger partial charge in [0.15, 0.2) is 0 Å². The minimum Gasteiger partial charge on any atom is -0.366 e. The van der Waals surface area contributed by atoms with Crippen LogP contribution in [0.4, 0.5) is 17.1 Å². The topological polar surface area (TPSA) is 53.3 Å². The van der Waals surface area contributed by atoms with Crippen molar-refractivity contribution in [2.45, 2.75) is 13.5 Å². The summed E-state index contributed by atoms with van der Waals surface area (Å²) in [7, 11) is 0. The quantitative estimate of drug-likeness (QED) is 0.577. The maximum Gasteiger partial charge on any atom is 0.0926 e. The SMILES string of the molecule is Cc1ccc(N2CNc3cc(-c4ccc(CNCCN)cc4)ccc32)cc1. The van der Waals surface area contributed by atoms with Gasteiger partial charge in [-0.25, -0.2) is 0 Å². The van der Waals surface area contributed by atoms with Crippen LogP contribution in [0.5, 0.6) is 0 Å². The highest BCUT2D eigenvalue weighted by Gasteiger charge is 2.20. The Morgan fingerprint density at radius 3 is 2.44 bits per heavy atom. The Morgan fingerprint density at radius 2 is 1.70 bits per heavy atom. The van der Waals surface area contributed by atoms with Crippen LogP contribution >= 0.6 is 0 Å². The molecule has 0 saturated carbocycles. The molecule has 138 valence electrons. The first-order valence-electron chi connectivity index (χ1n) is 9.47. The Hall–Kier alpha value is -2.82. The molecule has 0 aromatic heterocycles. The van der Waals surface area contributed by atoms with E-state index in [2.05, 4.69) is 89.2 Å². The molecule has 0 aliphatic carbocycles. The van der Waals surface area contributed by atoms with Crippen LogP contribution in [0, 0.1) is 6.92 Å². The molecule has 4 N–H and O–H groups in total. The molecule has 0 radical (unpaired) electrons. The van der Waals surface area contributed by atoms with Crippen molar-refractivity contribution in [3.05, 3.63) is 77.9 Å². The number of hydrogen-bond acceptors (Lipinski definition) is 4. The lowest BCUT2D eigenvalue weighted by atomic mass is 10.0. The Kier molecular flexibility index (Phi) is 5.10. The molecule has 1 aliphatic rings. The summed E-state index contributed by atoms with van der Waals surface area (Å²) >= 11 is 0. The molecule has 0 unspecified atom stereocenters. The van der Waals surface area contributed by atoms with E-state index in [-0.39, 0.29) is 0 Å². The zero-order valence-electron chi connectivity index (χ0n) is 15.7. The van der Waals surface area contributed by atoms with Crippen molar-refractivity contribution < 1.29 is 0 Å². The number of benzene rings is 3. The largest absolute Gasteiger partial charge is 0.366 e. The molecule has 4 heteroatoms. The van der Waals surface area contributed by atoms with Gasteiger partial charge in [0.1, 0.15) is 0 Å². The lowest BCUT2D eigenvalue weighted by Gasteiger charge is -2.18. The van der Waals surface area contributed by atoms with Gasteiger partial charge in [0, 0.05) is 25.3 Å². The van der Waals surface area contributed by atoms with E-state index in [1.807, 2.05) is 0 Å². The summed E-state index contributed by atoms with van der Waals surface area (Å²) < 4.78 is 0. The second-order valence-corrected chi connectivity index (χ2v) is 6.99. The Bertz CT molecular complexity index is 901. The zero-order chi connectivity index (χ0) is 18.6. The fraction of sp³-hybridized carbons (Fsp3) is 0.217. The lowest BCUT2D eigenvalue weighted by molar-refractivity contribution is 0.695. The highest BCUT2D eigenvalue weighted by molar-refractivity contribution is 5.85. The predicted octanol–water partition coefficient (Wildman–Crippen LogP) is 4.23. The number of aryl methyl sites for hydroxylation is 1. The van der Waals surface area contributed by atoms with E-state index in [1.54, 1.807) is 0 Å². The molecule has 0 fully saturated rings. The lowest BCUT2D eigenvalue weighted by Crippen LogP contribution is -2.21. The molecule has 3 aromatic rings. The number of nitrogens with one attached hydrogen (secondary N) is 2. The van der Waals surface area contributed by atoms with E-state index >= 15 is 0 Å². The smallest absolute Gasteiger partial charge is 0.0926 e. The van der Waals surface area contributed by atoms with E-state index in [0.717, 1.165) is 19.8 Å². The maximum atomic E-state index is 5.52. The molecule has 1 aliphatic heterocycles. The third-order valence-corrected chi connectivity index (χ3v) is 5.00. The second-order valence-electron chi connectivity index (χ2n) is 6.99. The molecule has 1 heterocycles. The van der Waals surface area contributed by atoms with Gasteiger partial charge in [-0.3, -0.25) is 0 Å². The van der Waals surface area contributed by atoms with Gasteiger partial charge in [-0.2, -0.15) is 0 Å². The standard InChI is InChI=1S/C23H26N4/c1-17-2-9-21(10-3-17)27-16-26-22-14-20(8-11-23(22)27)19-6-4-18(5-7-19)15-25-13-12-24/h2-11,14,25-26H,12-13,15-16,24H2,1H3. The number of nitrogens with zero attached hydrogens (tertiary/aromatic N) is 1. The molecular formula is C23H26N4. The predicted molar refractivity (Wildman–Crippen MR) is 114 cm³/mol. The third kappa shape index (κ3) is 3.82. The average Bonchev–Trinajstić information content (AvgIpc) is 3.12. The summed E-state index contributed by atoms with van der Waals surface area (Å²) in [6.45, 7) is 5.28. The first-order chi connectivity index (χ1) is 13.2. The van der Waals surface area contributed by atoms with E-state index < -0.39 is 0 Å². The van der Waals surface area contributed by atoms with Gasteiger partial charge in [0.2, 0.25) is 0 Å².